The highest BCUT2D eigenvalue weighted by atomic mass is 19.4. The zero-order valence-electron chi connectivity index (χ0n) is 15.0. The van der Waals surface area contributed by atoms with Crippen molar-refractivity contribution < 1.29 is 23.1 Å². The lowest BCUT2D eigenvalue weighted by Crippen LogP contribution is -2.39. The van der Waals surface area contributed by atoms with Crippen molar-refractivity contribution in [3.05, 3.63) is 53.7 Å². The van der Waals surface area contributed by atoms with E-state index in [1.165, 1.54) is 12.1 Å². The second-order valence-electron chi connectivity index (χ2n) is 7.38. The van der Waals surface area contributed by atoms with Crippen LogP contribution in [0, 0.1) is 11.8 Å². The second-order valence-corrected chi connectivity index (χ2v) is 7.38. The van der Waals surface area contributed by atoms with Crippen LogP contribution in [0.25, 0.3) is 0 Å². The van der Waals surface area contributed by atoms with Gasteiger partial charge in [-0.15, -0.1) is 0 Å². The number of halogens is 3. The molecule has 1 saturated heterocycles. The number of hydrogen-bond acceptors (Lipinski definition) is 4. The van der Waals surface area contributed by atoms with Crippen LogP contribution in [0.5, 0.6) is 5.75 Å². The molecule has 4 rings (SSSR count). The van der Waals surface area contributed by atoms with Gasteiger partial charge in [-0.05, 0) is 43.0 Å². The fourth-order valence-electron chi connectivity index (χ4n) is 4.30. The maximum absolute atomic E-state index is 12.9. The molecule has 5 nitrogen and oxygen atoms in total. The van der Waals surface area contributed by atoms with Crippen molar-refractivity contribution in [2.45, 2.75) is 25.1 Å². The highest BCUT2D eigenvalue weighted by molar-refractivity contribution is 5.97. The van der Waals surface area contributed by atoms with Crippen LogP contribution in [0.3, 0.4) is 0 Å². The van der Waals surface area contributed by atoms with Crippen LogP contribution in [0.4, 0.5) is 19.0 Å². The summed E-state index contributed by atoms with van der Waals surface area (Å²) in [5.41, 5.74) is -0.674. The van der Waals surface area contributed by atoms with Crippen LogP contribution in [0.15, 0.2) is 42.5 Å². The number of phenols is 1. The van der Waals surface area contributed by atoms with Crippen molar-refractivity contribution in [1.82, 2.24) is 10.3 Å². The van der Waals surface area contributed by atoms with E-state index in [0.717, 1.165) is 18.9 Å². The molecule has 1 saturated carbocycles. The van der Waals surface area contributed by atoms with Gasteiger partial charge in [0, 0.05) is 25.0 Å². The smallest absolute Gasteiger partial charge is 0.433 e. The summed E-state index contributed by atoms with van der Waals surface area (Å²) in [4.78, 5) is 18.1. The summed E-state index contributed by atoms with van der Waals surface area (Å²) in [7, 11) is 0. The molecule has 8 heteroatoms. The number of nitrogens with zero attached hydrogens (tertiary/aromatic N) is 2. The van der Waals surface area contributed by atoms with Crippen molar-refractivity contribution in [3.8, 4) is 5.75 Å². The fourth-order valence-corrected chi connectivity index (χ4v) is 4.30. The third-order valence-corrected chi connectivity index (χ3v) is 5.67. The molecule has 0 bridgehead atoms. The maximum atomic E-state index is 12.9. The number of benzene rings is 1. The van der Waals surface area contributed by atoms with E-state index in [1.54, 1.807) is 24.3 Å². The van der Waals surface area contributed by atoms with Gasteiger partial charge in [0.05, 0.1) is 5.56 Å². The van der Waals surface area contributed by atoms with Crippen LogP contribution >= 0.6 is 0 Å². The molecule has 2 aliphatic rings. The van der Waals surface area contributed by atoms with Gasteiger partial charge in [-0.25, -0.2) is 4.98 Å². The number of hydrogen-bond donors (Lipinski definition) is 2. The molecule has 2 heterocycles. The predicted octanol–water partition coefficient (Wildman–Crippen LogP) is 3.45. The molecule has 1 aromatic heterocycles. The van der Waals surface area contributed by atoms with E-state index < -0.39 is 11.9 Å². The Morgan fingerprint density at radius 2 is 1.89 bits per heavy atom. The third-order valence-electron chi connectivity index (χ3n) is 5.67. The van der Waals surface area contributed by atoms with E-state index >= 15 is 0 Å². The van der Waals surface area contributed by atoms with Crippen LogP contribution in [0.2, 0.25) is 0 Å². The lowest BCUT2D eigenvalue weighted by Gasteiger charge is -2.23. The predicted molar refractivity (Wildman–Crippen MR) is 97.0 cm³/mol. The molecule has 0 radical (unpaired) electrons. The van der Waals surface area contributed by atoms with Gasteiger partial charge in [0.25, 0.3) is 5.91 Å². The first-order chi connectivity index (χ1) is 13.3. The summed E-state index contributed by atoms with van der Waals surface area (Å²) >= 11 is 0. The summed E-state index contributed by atoms with van der Waals surface area (Å²) in [6, 6.07) is 10.2. The quantitative estimate of drug-likeness (QED) is 0.841. The summed E-state index contributed by atoms with van der Waals surface area (Å²) in [6.07, 6.45) is -2.76. The number of aromatic nitrogens is 1. The monoisotopic (exact) mass is 391 g/mol. The highest BCUT2D eigenvalue weighted by Crippen LogP contribution is 2.40. The Labute approximate surface area is 160 Å². The summed E-state index contributed by atoms with van der Waals surface area (Å²) in [6.45, 7) is 1.17. The Bertz CT molecular complexity index is 887. The minimum Gasteiger partial charge on any atom is -0.507 e. The molecule has 148 valence electrons. The number of pyridine rings is 1. The van der Waals surface area contributed by atoms with E-state index in [4.69, 9.17) is 0 Å². The summed E-state index contributed by atoms with van der Waals surface area (Å²) in [5.74, 6) is 0.349. The van der Waals surface area contributed by atoms with E-state index in [9.17, 15) is 23.1 Å². The Morgan fingerprint density at radius 3 is 2.64 bits per heavy atom. The van der Waals surface area contributed by atoms with Crippen LogP contribution in [-0.4, -0.2) is 35.1 Å². The number of rotatable bonds is 3. The fraction of sp³-hybridized carbons (Fsp3) is 0.400. The summed E-state index contributed by atoms with van der Waals surface area (Å²) in [5, 5.41) is 12.8. The number of nitrogens with one attached hydrogen (secondary N) is 1. The Kier molecular flexibility index (Phi) is 4.64. The van der Waals surface area contributed by atoms with Gasteiger partial charge in [-0.1, -0.05) is 18.2 Å². The zero-order chi connectivity index (χ0) is 19.9. The summed E-state index contributed by atoms with van der Waals surface area (Å²) < 4.78 is 38.8. The number of aromatic hydroxyl groups is 1. The van der Waals surface area contributed by atoms with Crippen molar-refractivity contribution in [1.29, 1.82) is 0 Å². The molecule has 0 spiro atoms. The molecule has 0 unspecified atom stereocenters. The van der Waals surface area contributed by atoms with E-state index in [1.807, 2.05) is 4.90 Å². The van der Waals surface area contributed by atoms with Gasteiger partial charge in [0.1, 0.15) is 17.3 Å². The van der Waals surface area contributed by atoms with Crippen molar-refractivity contribution in [2.75, 3.05) is 18.0 Å². The Hall–Kier alpha value is -2.77. The minimum absolute atomic E-state index is 0.0734. The average molecular weight is 391 g/mol. The number of phenolic OH excluding ortho intramolecular Hbond substituents is 1. The van der Waals surface area contributed by atoms with E-state index in [2.05, 4.69) is 10.3 Å². The van der Waals surface area contributed by atoms with E-state index in [0.29, 0.717) is 24.8 Å². The SMILES string of the molecule is O=C(N[C@H]1CC[C@@H]2CN(c3cccc(C(F)(F)F)n3)C[C@@H]21)c1ccccc1O. The molecule has 3 atom stereocenters. The Morgan fingerprint density at radius 1 is 1.11 bits per heavy atom. The minimum atomic E-state index is -4.47. The van der Waals surface area contributed by atoms with Crippen LogP contribution in [0.1, 0.15) is 28.9 Å². The third kappa shape index (κ3) is 3.50. The molecule has 1 amide bonds. The molecule has 1 aliphatic carbocycles. The first-order valence-electron chi connectivity index (χ1n) is 9.21. The van der Waals surface area contributed by atoms with Gasteiger partial charge in [0.2, 0.25) is 0 Å². The molecule has 2 N–H and O–H groups in total. The van der Waals surface area contributed by atoms with E-state index in [-0.39, 0.29) is 29.2 Å². The number of fused-ring (bicyclic) bond motifs is 1. The molecule has 2 aromatic rings. The lowest BCUT2D eigenvalue weighted by molar-refractivity contribution is -0.141. The highest BCUT2D eigenvalue weighted by Gasteiger charge is 2.44. The van der Waals surface area contributed by atoms with Crippen LogP contribution < -0.4 is 10.2 Å². The van der Waals surface area contributed by atoms with Gasteiger partial charge in [-0.2, -0.15) is 13.2 Å². The molecule has 1 aliphatic heterocycles. The lowest BCUT2D eigenvalue weighted by atomic mass is 9.97. The normalized spacial score (nSPS) is 24.2. The van der Waals surface area contributed by atoms with Gasteiger partial charge < -0.3 is 15.3 Å². The number of carbonyl (C=O) groups is 1. The molecular formula is C20H20F3N3O2. The average Bonchev–Trinajstić information content (AvgIpc) is 3.23. The second kappa shape index (κ2) is 7.00. The molecule has 2 fully saturated rings. The van der Waals surface area contributed by atoms with Crippen LogP contribution in [-0.2, 0) is 6.18 Å². The first kappa shape index (κ1) is 18.6. The maximum Gasteiger partial charge on any atom is 0.433 e. The molecule has 1 aromatic carbocycles. The van der Waals surface area contributed by atoms with Gasteiger partial charge in [-0.3, -0.25) is 4.79 Å². The molecule has 28 heavy (non-hydrogen) atoms. The first-order valence-corrected chi connectivity index (χ1v) is 9.21. The van der Waals surface area contributed by atoms with Gasteiger partial charge >= 0.3 is 6.18 Å². The van der Waals surface area contributed by atoms with Crippen molar-refractivity contribution in [3.63, 3.8) is 0 Å². The van der Waals surface area contributed by atoms with Crippen molar-refractivity contribution in [2.24, 2.45) is 11.8 Å². The molecular weight excluding hydrogens is 371 g/mol. The number of carbonyl (C=O) groups excluding carboxylic acids is 1. The Balaban J connectivity index is 1.46. The zero-order valence-corrected chi connectivity index (χ0v) is 15.0. The topological polar surface area (TPSA) is 65.5 Å². The number of para-hydroxylation sites is 1. The standard InChI is InChI=1S/C20H20F3N3O2/c21-20(22,23)17-6-3-7-18(25-17)26-10-12-8-9-15(14(12)11-26)24-19(28)13-4-1-2-5-16(13)27/h1-7,12,14-15,27H,8-11H2,(H,24,28)/t12-,14+,15+/m1/s1. The van der Waals surface area contributed by atoms with Gasteiger partial charge in [0.15, 0.2) is 0 Å². The number of alkyl halides is 3. The largest absolute Gasteiger partial charge is 0.507 e. The number of anilines is 1. The number of amides is 1. The van der Waals surface area contributed by atoms with Crippen molar-refractivity contribution >= 4 is 11.7 Å².